The highest BCUT2D eigenvalue weighted by Crippen LogP contribution is 1.86. The van der Waals surface area contributed by atoms with E-state index >= 15 is 0 Å². The molecule has 0 aromatic heterocycles. The van der Waals surface area contributed by atoms with Crippen molar-refractivity contribution in [3.63, 3.8) is 0 Å². The van der Waals surface area contributed by atoms with Crippen LogP contribution in [0.15, 0.2) is 0 Å². The third-order valence-electron chi connectivity index (χ3n) is 0.902. The molecule has 0 atom stereocenters. The second-order valence-corrected chi connectivity index (χ2v) is 5.46. The Balaban J connectivity index is 0. The lowest BCUT2D eigenvalue weighted by Crippen LogP contribution is -2.15. The van der Waals surface area contributed by atoms with E-state index in [0.717, 1.165) is 0 Å². The van der Waals surface area contributed by atoms with Crippen LogP contribution in [-0.2, 0) is 25.0 Å². The van der Waals surface area contributed by atoms with E-state index in [0.29, 0.717) is 0 Å². The van der Waals surface area contributed by atoms with Crippen LogP contribution in [-0.4, -0.2) is 48.5 Å². The summed E-state index contributed by atoms with van der Waals surface area (Å²) in [6, 6.07) is 0. The number of hydrogen-bond donors (Lipinski definition) is 3. The van der Waals surface area contributed by atoms with Crippen molar-refractivity contribution < 1.29 is 35.8 Å². The van der Waals surface area contributed by atoms with Gasteiger partial charge in [-0.05, 0) is 0 Å². The van der Waals surface area contributed by atoms with E-state index in [1.807, 2.05) is 0 Å². The molecular formula is C5H12O8S2. The van der Waals surface area contributed by atoms with E-state index in [1.54, 1.807) is 6.92 Å². The SMILES string of the molecule is CCC(=O)O.O=S(=O)(O)CCS(=O)(=O)O. The Bertz CT molecular complexity index is 345. The predicted molar refractivity (Wildman–Crippen MR) is 50.8 cm³/mol. The van der Waals surface area contributed by atoms with Crippen LogP contribution < -0.4 is 0 Å². The van der Waals surface area contributed by atoms with Crippen molar-refractivity contribution in [1.29, 1.82) is 0 Å². The van der Waals surface area contributed by atoms with Gasteiger partial charge >= 0.3 is 5.97 Å². The fourth-order valence-corrected chi connectivity index (χ4v) is 1.90. The van der Waals surface area contributed by atoms with Crippen LogP contribution in [0.4, 0.5) is 0 Å². The first-order valence-corrected chi connectivity index (χ1v) is 6.82. The van der Waals surface area contributed by atoms with Gasteiger partial charge in [0.15, 0.2) is 0 Å². The maximum atomic E-state index is 9.86. The van der Waals surface area contributed by atoms with Crippen molar-refractivity contribution in [2.75, 3.05) is 11.5 Å². The summed E-state index contributed by atoms with van der Waals surface area (Å²) >= 11 is 0. The minimum absolute atomic E-state index is 0.222. The summed E-state index contributed by atoms with van der Waals surface area (Å²) in [5.74, 6) is -2.71. The van der Waals surface area contributed by atoms with Crippen molar-refractivity contribution in [1.82, 2.24) is 0 Å². The van der Waals surface area contributed by atoms with Crippen molar-refractivity contribution in [2.45, 2.75) is 13.3 Å². The van der Waals surface area contributed by atoms with Crippen LogP contribution in [0.1, 0.15) is 13.3 Å². The number of carbonyl (C=O) groups is 1. The first-order chi connectivity index (χ1) is 6.48. The molecule has 15 heavy (non-hydrogen) atoms. The second-order valence-electron chi connectivity index (χ2n) is 2.32. The van der Waals surface area contributed by atoms with Crippen molar-refractivity contribution in [2.24, 2.45) is 0 Å². The Kier molecular flexibility index (Phi) is 7.48. The molecule has 0 aliphatic carbocycles. The maximum absolute atomic E-state index is 9.86. The van der Waals surface area contributed by atoms with E-state index < -0.39 is 37.7 Å². The zero-order valence-electron chi connectivity index (χ0n) is 7.82. The quantitative estimate of drug-likeness (QED) is 0.561. The first kappa shape index (κ1) is 16.7. The highest BCUT2D eigenvalue weighted by molar-refractivity contribution is 7.89. The molecule has 0 heterocycles. The lowest BCUT2D eigenvalue weighted by molar-refractivity contribution is -0.136. The molecule has 0 bridgehead atoms. The Hall–Kier alpha value is -0.710. The van der Waals surface area contributed by atoms with Gasteiger partial charge in [-0.3, -0.25) is 13.9 Å². The molecule has 0 aromatic rings. The van der Waals surface area contributed by atoms with E-state index in [-0.39, 0.29) is 6.42 Å². The molecule has 0 saturated heterocycles. The number of hydrogen-bond acceptors (Lipinski definition) is 5. The van der Waals surface area contributed by atoms with Gasteiger partial charge < -0.3 is 5.11 Å². The maximum Gasteiger partial charge on any atom is 0.303 e. The van der Waals surface area contributed by atoms with Crippen LogP contribution in [0.5, 0.6) is 0 Å². The zero-order chi connectivity index (χ0) is 12.7. The second kappa shape index (κ2) is 6.71. The molecule has 0 rings (SSSR count). The molecule has 3 N–H and O–H groups in total. The van der Waals surface area contributed by atoms with Crippen LogP contribution in [0.3, 0.4) is 0 Å². The van der Waals surface area contributed by atoms with Crippen LogP contribution in [0, 0.1) is 0 Å². The van der Waals surface area contributed by atoms with E-state index in [2.05, 4.69) is 0 Å². The molecular weight excluding hydrogens is 252 g/mol. The summed E-state index contributed by atoms with van der Waals surface area (Å²) in [6.45, 7) is 1.60. The minimum Gasteiger partial charge on any atom is -0.481 e. The van der Waals surface area contributed by atoms with Gasteiger partial charge in [0.2, 0.25) is 0 Å². The molecule has 0 spiro atoms. The van der Waals surface area contributed by atoms with Gasteiger partial charge in [0, 0.05) is 6.42 Å². The smallest absolute Gasteiger partial charge is 0.303 e. The topological polar surface area (TPSA) is 146 Å². The van der Waals surface area contributed by atoms with Crippen LogP contribution >= 0.6 is 0 Å². The van der Waals surface area contributed by atoms with Crippen molar-refractivity contribution in [3.05, 3.63) is 0 Å². The monoisotopic (exact) mass is 264 g/mol. The Labute approximate surface area is 87.4 Å². The molecule has 0 radical (unpaired) electrons. The van der Waals surface area contributed by atoms with Gasteiger partial charge in [-0.1, -0.05) is 6.92 Å². The first-order valence-electron chi connectivity index (χ1n) is 3.60. The molecule has 0 aromatic carbocycles. The van der Waals surface area contributed by atoms with E-state index in [9.17, 15) is 21.6 Å². The highest BCUT2D eigenvalue weighted by Gasteiger charge is 2.11. The molecule has 0 amide bonds. The normalized spacial score (nSPS) is 11.4. The van der Waals surface area contributed by atoms with E-state index in [1.165, 1.54) is 0 Å². The van der Waals surface area contributed by atoms with Gasteiger partial charge in [-0.25, -0.2) is 0 Å². The summed E-state index contributed by atoms with van der Waals surface area (Å²) in [4.78, 5) is 9.37. The van der Waals surface area contributed by atoms with E-state index in [4.69, 9.17) is 14.2 Å². The predicted octanol–water partition coefficient (Wildman–Crippen LogP) is -0.757. The number of carboxylic acid groups (broad SMARTS) is 1. The van der Waals surface area contributed by atoms with Crippen LogP contribution in [0.2, 0.25) is 0 Å². The number of rotatable bonds is 4. The number of carboxylic acids is 1. The molecule has 8 nitrogen and oxygen atoms in total. The summed E-state index contributed by atoms with van der Waals surface area (Å²) in [5, 5.41) is 7.72. The molecule has 0 aliphatic rings. The molecule has 0 fully saturated rings. The Morgan fingerprint density at radius 1 is 1.00 bits per heavy atom. The molecule has 0 aliphatic heterocycles. The third-order valence-corrected chi connectivity index (χ3v) is 2.60. The average molecular weight is 264 g/mol. The van der Waals surface area contributed by atoms with Gasteiger partial charge in [0.1, 0.15) is 0 Å². The summed E-state index contributed by atoms with van der Waals surface area (Å²) in [7, 11) is -8.59. The number of aliphatic carboxylic acids is 1. The molecule has 92 valence electrons. The van der Waals surface area contributed by atoms with Crippen molar-refractivity contribution in [3.8, 4) is 0 Å². The average Bonchev–Trinajstić information content (AvgIpc) is 2.00. The summed E-state index contributed by atoms with van der Waals surface area (Å²) in [5.41, 5.74) is 0. The fraction of sp³-hybridized carbons (Fsp3) is 0.800. The summed E-state index contributed by atoms with van der Waals surface area (Å²) < 4.78 is 55.4. The third kappa shape index (κ3) is 24.6. The molecule has 0 saturated carbocycles. The van der Waals surface area contributed by atoms with Crippen molar-refractivity contribution >= 4 is 26.2 Å². The Morgan fingerprint density at radius 2 is 1.20 bits per heavy atom. The standard InChI is InChI=1S/C3H6O2.C2H6O6S2/c1-2-3(4)5;3-9(4,5)1-2-10(6,7)8/h2H2,1H3,(H,4,5);1-2H2,(H,3,4,5)(H,6,7,8). The van der Waals surface area contributed by atoms with Crippen LogP contribution in [0.25, 0.3) is 0 Å². The zero-order valence-corrected chi connectivity index (χ0v) is 9.45. The minimum atomic E-state index is -4.30. The lowest BCUT2D eigenvalue weighted by Gasteiger charge is -1.92. The van der Waals surface area contributed by atoms with Gasteiger partial charge in [-0.2, -0.15) is 16.8 Å². The highest BCUT2D eigenvalue weighted by atomic mass is 32.2. The molecule has 0 unspecified atom stereocenters. The Morgan fingerprint density at radius 3 is 1.27 bits per heavy atom. The summed E-state index contributed by atoms with van der Waals surface area (Å²) in [6.07, 6.45) is 0.222. The van der Waals surface area contributed by atoms with Gasteiger partial charge in [0.25, 0.3) is 20.2 Å². The largest absolute Gasteiger partial charge is 0.481 e. The fourth-order valence-electron chi connectivity index (χ4n) is 0.211. The van der Waals surface area contributed by atoms with Gasteiger partial charge in [-0.15, -0.1) is 0 Å². The van der Waals surface area contributed by atoms with Gasteiger partial charge in [0.05, 0.1) is 11.5 Å². The lowest BCUT2D eigenvalue weighted by atomic mass is 10.5. The molecule has 10 heteroatoms.